The van der Waals surface area contributed by atoms with Crippen LogP contribution in [0.15, 0.2) is 41.4 Å². The van der Waals surface area contributed by atoms with Crippen molar-refractivity contribution in [3.05, 3.63) is 53.1 Å². The van der Waals surface area contributed by atoms with E-state index < -0.39 is 11.8 Å². The van der Waals surface area contributed by atoms with Gasteiger partial charge in [-0.1, -0.05) is 0 Å². The van der Waals surface area contributed by atoms with Gasteiger partial charge in [0.1, 0.15) is 5.82 Å². The van der Waals surface area contributed by atoms with E-state index in [-0.39, 0.29) is 11.3 Å². The molecule has 0 aliphatic carbocycles. The molecule has 6 heteroatoms. The number of rotatable bonds is 3. The predicted molar refractivity (Wildman–Crippen MR) is 69.5 cm³/mol. The molecule has 0 saturated heterocycles. The van der Waals surface area contributed by atoms with E-state index in [1.54, 1.807) is 6.26 Å². The number of hydrogen-bond donors (Lipinski definition) is 1. The molecule has 0 aliphatic heterocycles. The summed E-state index contributed by atoms with van der Waals surface area (Å²) in [5, 5.41) is 21.0. The number of aromatic carboxylic acids is 1. The normalized spacial score (nSPS) is 10.4. The first-order chi connectivity index (χ1) is 9.04. The summed E-state index contributed by atoms with van der Waals surface area (Å²) >= 11 is 1.17. The zero-order valence-corrected chi connectivity index (χ0v) is 10.8. The van der Waals surface area contributed by atoms with E-state index in [0.717, 1.165) is 6.20 Å². The minimum Gasteiger partial charge on any atom is -0.618 e. The molecular formula is C13H10FNO3S. The second-order valence-corrected chi connectivity index (χ2v) is 4.57. The molecule has 98 valence electrons. The Morgan fingerprint density at radius 1 is 1.32 bits per heavy atom. The lowest BCUT2D eigenvalue weighted by molar-refractivity contribution is -0.595. The number of benzene rings is 1. The molecule has 4 nitrogen and oxygen atoms in total. The van der Waals surface area contributed by atoms with Crippen LogP contribution >= 0.6 is 11.8 Å². The van der Waals surface area contributed by atoms with Crippen LogP contribution in [-0.2, 0) is 0 Å². The zero-order chi connectivity index (χ0) is 14.0. The lowest BCUT2D eigenvalue weighted by atomic mass is 10.1. The molecule has 1 heterocycles. The summed E-state index contributed by atoms with van der Waals surface area (Å²) in [4.78, 5) is 11.5. The third-order valence-corrected chi connectivity index (χ3v) is 3.43. The molecule has 2 rings (SSSR count). The monoisotopic (exact) mass is 279 g/mol. The van der Waals surface area contributed by atoms with Gasteiger partial charge >= 0.3 is 5.97 Å². The van der Waals surface area contributed by atoms with Crippen molar-refractivity contribution in [2.75, 3.05) is 6.26 Å². The van der Waals surface area contributed by atoms with Crippen LogP contribution in [-0.4, -0.2) is 17.3 Å². The summed E-state index contributed by atoms with van der Waals surface area (Å²) in [6, 6.07) is 6.61. The summed E-state index contributed by atoms with van der Waals surface area (Å²) in [6.07, 6.45) is 2.83. The fourth-order valence-corrected chi connectivity index (χ4v) is 2.54. The van der Waals surface area contributed by atoms with Crippen LogP contribution in [0.2, 0.25) is 0 Å². The number of carboxylic acids is 1. The maximum atomic E-state index is 12.9. The molecule has 0 unspecified atom stereocenters. The highest BCUT2D eigenvalue weighted by Crippen LogP contribution is 2.30. The zero-order valence-electron chi connectivity index (χ0n) is 9.96. The molecule has 0 bridgehead atoms. The summed E-state index contributed by atoms with van der Waals surface area (Å²) in [5.74, 6) is -1.52. The molecule has 0 saturated carbocycles. The second-order valence-electron chi connectivity index (χ2n) is 3.75. The van der Waals surface area contributed by atoms with Crippen LogP contribution in [0.25, 0.3) is 11.3 Å². The van der Waals surface area contributed by atoms with Crippen LogP contribution < -0.4 is 4.73 Å². The lowest BCUT2D eigenvalue weighted by Crippen LogP contribution is -2.30. The lowest BCUT2D eigenvalue weighted by Gasteiger charge is -2.10. The van der Waals surface area contributed by atoms with Crippen molar-refractivity contribution < 1.29 is 19.0 Å². The number of pyridine rings is 1. The molecule has 2 aromatic rings. The van der Waals surface area contributed by atoms with E-state index in [1.807, 2.05) is 0 Å². The fourth-order valence-electron chi connectivity index (χ4n) is 1.76. The van der Waals surface area contributed by atoms with Crippen molar-refractivity contribution in [1.29, 1.82) is 0 Å². The average molecular weight is 279 g/mol. The first-order valence-electron chi connectivity index (χ1n) is 5.34. The van der Waals surface area contributed by atoms with Gasteiger partial charge in [0.25, 0.3) is 0 Å². The Bertz CT molecular complexity index is 629. The van der Waals surface area contributed by atoms with Crippen molar-refractivity contribution in [2.24, 2.45) is 0 Å². The number of nitrogens with zero attached hydrogens (tertiary/aromatic N) is 1. The standard InChI is InChI=1S/C13H10FNO3S/c1-19-12-10(13(16)17)6-7-15(18)11(12)8-2-4-9(14)5-3-8/h2-7H,1H3,(H,16,17). The largest absolute Gasteiger partial charge is 0.618 e. The minimum atomic E-state index is -1.10. The Balaban J connectivity index is 2.70. The molecule has 1 aromatic carbocycles. The quantitative estimate of drug-likeness (QED) is 0.533. The molecule has 0 amide bonds. The van der Waals surface area contributed by atoms with E-state index in [4.69, 9.17) is 5.11 Å². The third kappa shape index (κ3) is 2.53. The van der Waals surface area contributed by atoms with Gasteiger partial charge in [-0.2, -0.15) is 4.73 Å². The summed E-state index contributed by atoms with van der Waals surface area (Å²) in [5.41, 5.74) is 0.746. The van der Waals surface area contributed by atoms with Crippen molar-refractivity contribution in [2.45, 2.75) is 4.90 Å². The SMILES string of the molecule is CSc1c(C(=O)O)cc[n+]([O-])c1-c1ccc(F)cc1. The summed E-state index contributed by atoms with van der Waals surface area (Å²) in [7, 11) is 0. The molecular weight excluding hydrogens is 269 g/mol. The number of carboxylic acid groups (broad SMARTS) is 1. The van der Waals surface area contributed by atoms with Crippen molar-refractivity contribution in [1.82, 2.24) is 0 Å². The van der Waals surface area contributed by atoms with Crippen molar-refractivity contribution in [3.63, 3.8) is 0 Å². The number of hydrogen-bond acceptors (Lipinski definition) is 3. The van der Waals surface area contributed by atoms with Gasteiger partial charge in [-0.15, -0.1) is 11.8 Å². The van der Waals surface area contributed by atoms with E-state index >= 15 is 0 Å². The number of halogens is 1. The van der Waals surface area contributed by atoms with Crippen LogP contribution in [0.4, 0.5) is 4.39 Å². The Morgan fingerprint density at radius 2 is 1.95 bits per heavy atom. The van der Waals surface area contributed by atoms with Gasteiger partial charge in [0.05, 0.1) is 10.5 Å². The number of aromatic nitrogens is 1. The van der Waals surface area contributed by atoms with Crippen LogP contribution in [0.5, 0.6) is 0 Å². The van der Waals surface area contributed by atoms with Crippen LogP contribution in [0, 0.1) is 11.0 Å². The Labute approximate surface area is 113 Å². The first kappa shape index (κ1) is 13.4. The van der Waals surface area contributed by atoms with Crippen molar-refractivity contribution in [3.8, 4) is 11.3 Å². The van der Waals surface area contributed by atoms with Crippen LogP contribution in [0.1, 0.15) is 10.4 Å². The van der Waals surface area contributed by atoms with Gasteiger partial charge in [-0.05, 0) is 30.5 Å². The maximum absolute atomic E-state index is 12.9. The van der Waals surface area contributed by atoms with Gasteiger partial charge < -0.3 is 10.3 Å². The van der Waals surface area contributed by atoms with Gasteiger partial charge in [-0.25, -0.2) is 9.18 Å². The number of carbonyl (C=O) groups is 1. The average Bonchev–Trinajstić information content (AvgIpc) is 2.39. The fraction of sp³-hybridized carbons (Fsp3) is 0.0769. The topological polar surface area (TPSA) is 64.2 Å². The predicted octanol–water partition coefficient (Wildman–Crippen LogP) is 2.55. The molecule has 19 heavy (non-hydrogen) atoms. The smallest absolute Gasteiger partial charge is 0.337 e. The Hall–Kier alpha value is -2.08. The van der Waals surface area contributed by atoms with Gasteiger partial charge in [0.15, 0.2) is 6.20 Å². The Kier molecular flexibility index (Phi) is 3.71. The Morgan fingerprint density at radius 3 is 2.47 bits per heavy atom. The van der Waals surface area contributed by atoms with Gasteiger partial charge in [0, 0.05) is 11.6 Å². The second kappa shape index (κ2) is 5.27. The molecule has 0 radical (unpaired) electrons. The van der Waals surface area contributed by atoms with E-state index in [1.165, 1.54) is 42.1 Å². The molecule has 0 aliphatic rings. The van der Waals surface area contributed by atoms with E-state index in [0.29, 0.717) is 15.2 Å². The van der Waals surface area contributed by atoms with Gasteiger partial charge in [-0.3, -0.25) is 0 Å². The molecule has 1 aromatic heterocycles. The highest BCUT2D eigenvalue weighted by molar-refractivity contribution is 7.98. The van der Waals surface area contributed by atoms with Crippen molar-refractivity contribution >= 4 is 17.7 Å². The summed E-state index contributed by atoms with van der Waals surface area (Å²) in [6.45, 7) is 0. The summed E-state index contributed by atoms with van der Waals surface area (Å²) < 4.78 is 13.5. The van der Waals surface area contributed by atoms with E-state index in [2.05, 4.69) is 0 Å². The maximum Gasteiger partial charge on any atom is 0.337 e. The molecule has 0 spiro atoms. The minimum absolute atomic E-state index is 0.0546. The molecule has 0 fully saturated rings. The van der Waals surface area contributed by atoms with Gasteiger partial charge in [0.2, 0.25) is 5.69 Å². The highest BCUT2D eigenvalue weighted by Gasteiger charge is 2.22. The highest BCUT2D eigenvalue weighted by atomic mass is 32.2. The number of thioether (sulfide) groups is 1. The molecule has 0 atom stereocenters. The first-order valence-corrected chi connectivity index (χ1v) is 6.56. The van der Waals surface area contributed by atoms with Crippen LogP contribution in [0.3, 0.4) is 0 Å². The van der Waals surface area contributed by atoms with E-state index in [9.17, 15) is 14.4 Å². The third-order valence-electron chi connectivity index (χ3n) is 2.61. The molecule has 1 N–H and O–H groups in total.